The second kappa shape index (κ2) is 6.47. The lowest BCUT2D eigenvalue weighted by molar-refractivity contribution is 0.229. The van der Waals surface area contributed by atoms with Crippen LogP contribution in [-0.2, 0) is 0 Å². The molecule has 0 aliphatic heterocycles. The maximum Gasteiger partial charge on any atom is 0.315 e. The van der Waals surface area contributed by atoms with Gasteiger partial charge in [-0.1, -0.05) is 33.1 Å². The molecule has 0 heterocycles. The minimum absolute atomic E-state index is 0.0128. The monoisotopic (exact) mass is 240 g/mol. The molecule has 5 nitrogen and oxygen atoms in total. The molecule has 1 saturated carbocycles. The zero-order chi connectivity index (χ0) is 12.8. The van der Waals surface area contributed by atoms with E-state index in [1.165, 1.54) is 19.3 Å². The summed E-state index contributed by atoms with van der Waals surface area (Å²) in [6, 6.07) is -0.298. The number of nitrogens with one attached hydrogen (secondary N) is 3. The molecule has 0 bridgehead atoms. The van der Waals surface area contributed by atoms with Crippen LogP contribution in [0.2, 0.25) is 0 Å². The first-order valence-corrected chi connectivity index (χ1v) is 6.41. The van der Waals surface area contributed by atoms with Crippen molar-refractivity contribution in [3.8, 4) is 0 Å². The summed E-state index contributed by atoms with van der Waals surface area (Å²) in [4.78, 5) is 11.8. The van der Waals surface area contributed by atoms with Gasteiger partial charge in [0, 0.05) is 6.04 Å². The third-order valence-electron chi connectivity index (χ3n) is 3.23. The molecule has 1 unspecified atom stereocenters. The van der Waals surface area contributed by atoms with E-state index in [1.807, 2.05) is 13.8 Å². The zero-order valence-corrected chi connectivity index (χ0v) is 10.8. The lowest BCUT2D eigenvalue weighted by atomic mass is 9.96. The van der Waals surface area contributed by atoms with Gasteiger partial charge >= 0.3 is 6.03 Å². The molecule has 1 atom stereocenters. The number of amidine groups is 1. The van der Waals surface area contributed by atoms with Gasteiger partial charge in [0.1, 0.15) is 5.84 Å². The van der Waals surface area contributed by atoms with Crippen LogP contribution in [0.5, 0.6) is 0 Å². The maximum absolute atomic E-state index is 11.8. The Morgan fingerprint density at radius 2 is 1.88 bits per heavy atom. The Morgan fingerprint density at radius 1 is 1.29 bits per heavy atom. The van der Waals surface area contributed by atoms with Crippen molar-refractivity contribution in [2.45, 2.75) is 58.0 Å². The summed E-state index contributed by atoms with van der Waals surface area (Å²) in [5, 5.41) is 13.2. The van der Waals surface area contributed by atoms with Gasteiger partial charge in [0.25, 0.3) is 0 Å². The lowest BCUT2D eigenvalue weighted by Gasteiger charge is -2.26. The molecule has 0 radical (unpaired) electrons. The first-order chi connectivity index (χ1) is 8.00. The number of urea groups is 1. The Balaban J connectivity index is 2.38. The molecule has 1 aliphatic carbocycles. The molecule has 17 heavy (non-hydrogen) atoms. The van der Waals surface area contributed by atoms with Crippen LogP contribution < -0.4 is 16.4 Å². The topological polar surface area (TPSA) is 91.0 Å². The van der Waals surface area contributed by atoms with E-state index < -0.39 is 0 Å². The Hall–Kier alpha value is -1.26. The third kappa shape index (κ3) is 4.63. The summed E-state index contributed by atoms with van der Waals surface area (Å²) >= 11 is 0. The van der Waals surface area contributed by atoms with Crippen molar-refractivity contribution in [3.63, 3.8) is 0 Å². The van der Waals surface area contributed by atoms with E-state index in [-0.39, 0.29) is 29.9 Å². The summed E-state index contributed by atoms with van der Waals surface area (Å²) in [7, 11) is 0. The van der Waals surface area contributed by atoms with E-state index in [0.29, 0.717) is 0 Å². The SMILES string of the molecule is CC(C)C(NC(=O)NC1CCCCC1)C(=N)N. The molecule has 0 aromatic carbocycles. The van der Waals surface area contributed by atoms with Crippen molar-refractivity contribution in [3.05, 3.63) is 0 Å². The molecule has 0 aromatic heterocycles. The Bertz CT molecular complexity index is 272. The third-order valence-corrected chi connectivity index (χ3v) is 3.23. The summed E-state index contributed by atoms with van der Waals surface area (Å²) in [6.45, 7) is 3.87. The number of hydrogen-bond donors (Lipinski definition) is 4. The quantitative estimate of drug-likeness (QED) is 0.444. The summed E-state index contributed by atoms with van der Waals surface area (Å²) < 4.78 is 0. The first-order valence-electron chi connectivity index (χ1n) is 6.41. The van der Waals surface area contributed by atoms with Crippen LogP contribution >= 0.6 is 0 Å². The van der Waals surface area contributed by atoms with Gasteiger partial charge < -0.3 is 16.4 Å². The lowest BCUT2D eigenvalue weighted by Crippen LogP contribution is -2.52. The number of hydrogen-bond acceptors (Lipinski definition) is 2. The minimum atomic E-state index is -0.376. The van der Waals surface area contributed by atoms with Crippen LogP contribution in [0.4, 0.5) is 4.79 Å². The van der Waals surface area contributed by atoms with Gasteiger partial charge in [0.15, 0.2) is 0 Å². The number of nitrogens with two attached hydrogens (primary N) is 1. The average Bonchev–Trinajstić information content (AvgIpc) is 2.26. The highest BCUT2D eigenvalue weighted by Gasteiger charge is 2.21. The second-order valence-corrected chi connectivity index (χ2v) is 5.13. The molecule has 2 amide bonds. The summed E-state index contributed by atoms with van der Waals surface area (Å²) in [5.41, 5.74) is 5.46. The maximum atomic E-state index is 11.8. The number of carbonyl (C=O) groups excluding carboxylic acids is 1. The first kappa shape index (κ1) is 13.8. The molecule has 1 aliphatic rings. The number of amides is 2. The highest BCUT2D eigenvalue weighted by molar-refractivity contribution is 5.87. The van der Waals surface area contributed by atoms with E-state index in [2.05, 4.69) is 10.6 Å². The number of carbonyl (C=O) groups is 1. The second-order valence-electron chi connectivity index (χ2n) is 5.13. The van der Waals surface area contributed by atoms with Gasteiger partial charge in [-0.2, -0.15) is 0 Å². The highest BCUT2D eigenvalue weighted by Crippen LogP contribution is 2.17. The smallest absolute Gasteiger partial charge is 0.315 e. The van der Waals surface area contributed by atoms with E-state index in [0.717, 1.165) is 12.8 Å². The van der Waals surface area contributed by atoms with Gasteiger partial charge in [-0.05, 0) is 18.8 Å². The van der Waals surface area contributed by atoms with Crippen molar-refractivity contribution in [1.82, 2.24) is 10.6 Å². The molecule has 0 saturated heterocycles. The van der Waals surface area contributed by atoms with Crippen LogP contribution in [-0.4, -0.2) is 24.0 Å². The van der Waals surface area contributed by atoms with Gasteiger partial charge in [0.05, 0.1) is 6.04 Å². The van der Waals surface area contributed by atoms with Gasteiger partial charge in [-0.15, -0.1) is 0 Å². The van der Waals surface area contributed by atoms with Gasteiger partial charge in [-0.3, -0.25) is 5.41 Å². The zero-order valence-electron chi connectivity index (χ0n) is 10.8. The van der Waals surface area contributed by atoms with Crippen molar-refractivity contribution in [2.75, 3.05) is 0 Å². The van der Waals surface area contributed by atoms with E-state index in [9.17, 15) is 4.79 Å². The fourth-order valence-corrected chi connectivity index (χ4v) is 2.22. The predicted octanol–water partition coefficient (Wildman–Crippen LogP) is 1.58. The molecule has 98 valence electrons. The molecular weight excluding hydrogens is 216 g/mol. The largest absolute Gasteiger partial charge is 0.386 e. The normalized spacial score (nSPS) is 18.8. The van der Waals surface area contributed by atoms with Crippen LogP contribution in [0.1, 0.15) is 46.0 Å². The fraction of sp³-hybridized carbons (Fsp3) is 0.833. The van der Waals surface area contributed by atoms with E-state index in [4.69, 9.17) is 11.1 Å². The van der Waals surface area contributed by atoms with Crippen molar-refractivity contribution in [1.29, 1.82) is 5.41 Å². The molecular formula is C12H24N4O. The predicted molar refractivity (Wildman–Crippen MR) is 69.1 cm³/mol. The summed E-state index contributed by atoms with van der Waals surface area (Å²) in [5.74, 6) is 0.142. The standard InChI is InChI=1S/C12H24N4O/c1-8(2)10(11(13)14)16-12(17)15-9-6-4-3-5-7-9/h8-10H,3-7H2,1-2H3,(H3,13,14)(H2,15,16,17). The average molecular weight is 240 g/mol. The Labute approximate surface area is 103 Å². The van der Waals surface area contributed by atoms with Crippen LogP contribution in [0.25, 0.3) is 0 Å². The molecule has 1 fully saturated rings. The fourth-order valence-electron chi connectivity index (χ4n) is 2.22. The number of rotatable bonds is 4. The molecule has 1 rings (SSSR count). The van der Waals surface area contributed by atoms with E-state index >= 15 is 0 Å². The van der Waals surface area contributed by atoms with E-state index in [1.54, 1.807) is 0 Å². The summed E-state index contributed by atoms with van der Waals surface area (Å²) in [6.07, 6.45) is 5.75. The van der Waals surface area contributed by atoms with Crippen molar-refractivity contribution in [2.24, 2.45) is 11.7 Å². The Morgan fingerprint density at radius 3 is 2.35 bits per heavy atom. The van der Waals surface area contributed by atoms with Crippen molar-refractivity contribution >= 4 is 11.9 Å². The Kier molecular flexibility index (Phi) is 5.25. The van der Waals surface area contributed by atoms with Gasteiger partial charge in [0.2, 0.25) is 0 Å². The molecule has 0 spiro atoms. The molecule has 5 N–H and O–H groups in total. The van der Waals surface area contributed by atoms with Crippen LogP contribution in [0.3, 0.4) is 0 Å². The molecule has 5 heteroatoms. The van der Waals surface area contributed by atoms with Crippen LogP contribution in [0.15, 0.2) is 0 Å². The molecule has 0 aromatic rings. The van der Waals surface area contributed by atoms with Gasteiger partial charge in [-0.25, -0.2) is 4.79 Å². The van der Waals surface area contributed by atoms with Crippen molar-refractivity contribution < 1.29 is 4.79 Å². The highest BCUT2D eigenvalue weighted by atomic mass is 16.2. The van der Waals surface area contributed by atoms with Crippen LogP contribution in [0, 0.1) is 11.3 Å². The minimum Gasteiger partial charge on any atom is -0.386 e.